The van der Waals surface area contributed by atoms with Gasteiger partial charge in [0.25, 0.3) is 0 Å². The molecule has 15 rings (SSSR count). The minimum Gasteiger partial charge on any atom is -0.454 e. The molecule has 12 aromatic carbocycles. The van der Waals surface area contributed by atoms with Crippen molar-refractivity contribution in [1.82, 2.24) is 0 Å². The van der Waals surface area contributed by atoms with Crippen LogP contribution in [0.5, 0.6) is 0 Å². The zero-order valence-electron chi connectivity index (χ0n) is 39.4. The molecule has 0 atom stereocenters. The summed E-state index contributed by atoms with van der Waals surface area (Å²) in [5, 5.41) is 11.9. The fourth-order valence-electron chi connectivity index (χ4n) is 11.3. The Kier molecular flexibility index (Phi) is 9.41. The molecular formula is C68H42N2O2S. The average molecular weight is 951 g/mol. The van der Waals surface area contributed by atoms with Crippen LogP contribution in [0.1, 0.15) is 0 Å². The van der Waals surface area contributed by atoms with E-state index in [1.54, 1.807) is 0 Å². The van der Waals surface area contributed by atoms with Crippen molar-refractivity contribution in [2.24, 2.45) is 0 Å². The van der Waals surface area contributed by atoms with Gasteiger partial charge in [0.15, 0.2) is 11.2 Å². The molecule has 73 heavy (non-hydrogen) atoms. The van der Waals surface area contributed by atoms with Crippen LogP contribution in [-0.2, 0) is 0 Å². The number of thiophene rings is 1. The minimum absolute atomic E-state index is 0.857. The lowest BCUT2D eigenvalue weighted by atomic mass is 9.95. The molecule has 0 saturated carbocycles. The number of fused-ring (bicyclic) bond motifs is 14. The highest BCUT2D eigenvalue weighted by molar-refractivity contribution is 7.27. The maximum Gasteiger partial charge on any atom is 0.159 e. The second-order valence-corrected chi connectivity index (χ2v) is 19.8. The Morgan fingerprint density at radius 1 is 0.288 bits per heavy atom. The average Bonchev–Trinajstić information content (AvgIpc) is 4.17. The van der Waals surface area contributed by atoms with Crippen LogP contribution >= 0.6 is 11.3 Å². The van der Waals surface area contributed by atoms with Gasteiger partial charge in [-0.3, -0.25) is 0 Å². The SMILES string of the molecule is c1ccc(-c2ccccc2N(c2ccc(-c3ccc4c(c3)sc3c5ccc(N(c6ccccc6)c6cccc7c6oc6ccccc67)cc5c5ccccc5c43)cc2)c2cccc3c2oc2ccccc23)cc1. The van der Waals surface area contributed by atoms with E-state index in [2.05, 4.69) is 252 Å². The van der Waals surface area contributed by atoms with Gasteiger partial charge in [0.2, 0.25) is 0 Å². The van der Waals surface area contributed by atoms with Gasteiger partial charge in [-0.15, -0.1) is 11.3 Å². The largest absolute Gasteiger partial charge is 0.454 e. The van der Waals surface area contributed by atoms with Gasteiger partial charge in [-0.25, -0.2) is 0 Å². The standard InChI is InChI=1S/C68H42N2O2S/c1-3-17-44(18-4-1)49-21-9-12-28-59(49)70(61-30-16-27-55-52-24-11-14-32-63(52)72-67(55)61)47-36-33-43(34-37-47)45-35-39-57-64(41-45)73-68-56-40-38-48(42-58(56)50-22-7-8-25-53(50)65(57)68)69(46-19-5-2-6-20-46)60-29-15-26-54-51-23-10-13-31-62(51)71-66(54)60/h1-42H. The van der Waals surface area contributed by atoms with E-state index in [9.17, 15) is 0 Å². The van der Waals surface area contributed by atoms with Crippen LogP contribution in [0.4, 0.5) is 34.1 Å². The van der Waals surface area contributed by atoms with Crippen LogP contribution in [0.15, 0.2) is 264 Å². The predicted molar refractivity (Wildman–Crippen MR) is 309 cm³/mol. The number of benzene rings is 12. The van der Waals surface area contributed by atoms with E-state index in [0.29, 0.717) is 0 Å². The highest BCUT2D eigenvalue weighted by Gasteiger charge is 2.24. The first-order chi connectivity index (χ1) is 36.2. The summed E-state index contributed by atoms with van der Waals surface area (Å²) >= 11 is 1.88. The Morgan fingerprint density at radius 2 is 0.808 bits per heavy atom. The first-order valence-electron chi connectivity index (χ1n) is 24.7. The molecule has 0 saturated heterocycles. The van der Waals surface area contributed by atoms with E-state index < -0.39 is 0 Å². The van der Waals surface area contributed by atoms with Crippen molar-refractivity contribution in [3.8, 4) is 22.3 Å². The third-order valence-corrected chi connectivity index (χ3v) is 15.8. The summed E-state index contributed by atoms with van der Waals surface area (Å²) in [6.45, 7) is 0. The van der Waals surface area contributed by atoms with Crippen molar-refractivity contribution >= 4 is 131 Å². The predicted octanol–water partition coefficient (Wildman–Crippen LogP) is 20.4. The molecule has 3 aromatic heterocycles. The lowest BCUT2D eigenvalue weighted by molar-refractivity contribution is 0.668. The number of para-hydroxylation sites is 6. The van der Waals surface area contributed by atoms with E-state index in [4.69, 9.17) is 8.83 Å². The second-order valence-electron chi connectivity index (χ2n) is 18.7. The number of anilines is 6. The van der Waals surface area contributed by atoms with Gasteiger partial charge < -0.3 is 18.6 Å². The minimum atomic E-state index is 0.857. The molecule has 0 fully saturated rings. The molecule has 4 nitrogen and oxygen atoms in total. The van der Waals surface area contributed by atoms with Crippen molar-refractivity contribution < 1.29 is 8.83 Å². The molecule has 5 heteroatoms. The lowest BCUT2D eigenvalue weighted by Gasteiger charge is -2.28. The van der Waals surface area contributed by atoms with Crippen LogP contribution in [0.3, 0.4) is 0 Å². The summed E-state index contributed by atoms with van der Waals surface area (Å²) in [6, 6.07) is 91.4. The van der Waals surface area contributed by atoms with Crippen LogP contribution in [0, 0.1) is 0 Å². The normalized spacial score (nSPS) is 11.8. The Morgan fingerprint density at radius 3 is 1.52 bits per heavy atom. The van der Waals surface area contributed by atoms with Gasteiger partial charge in [0.1, 0.15) is 11.2 Å². The summed E-state index contributed by atoms with van der Waals surface area (Å²) in [5.41, 5.74) is 14.3. The van der Waals surface area contributed by atoms with Crippen molar-refractivity contribution in [3.63, 3.8) is 0 Å². The lowest BCUT2D eigenvalue weighted by Crippen LogP contribution is -2.11. The number of hydrogen-bond acceptors (Lipinski definition) is 5. The molecule has 0 N–H and O–H groups in total. The van der Waals surface area contributed by atoms with E-state index in [-0.39, 0.29) is 0 Å². The quantitative estimate of drug-likeness (QED) is 0.142. The van der Waals surface area contributed by atoms with Gasteiger partial charge in [-0.2, -0.15) is 0 Å². The first kappa shape index (κ1) is 41.4. The van der Waals surface area contributed by atoms with E-state index >= 15 is 0 Å². The Labute approximate surface area is 424 Å². The van der Waals surface area contributed by atoms with Gasteiger partial charge in [0, 0.05) is 69.7 Å². The molecule has 0 aliphatic heterocycles. The summed E-state index contributed by atoms with van der Waals surface area (Å²) in [6.07, 6.45) is 0. The second kappa shape index (κ2) is 16.6. The summed E-state index contributed by atoms with van der Waals surface area (Å²) in [7, 11) is 0. The number of hydrogen-bond donors (Lipinski definition) is 0. The van der Waals surface area contributed by atoms with Gasteiger partial charge in [-0.1, -0.05) is 182 Å². The number of rotatable bonds is 8. The monoisotopic (exact) mass is 950 g/mol. The third kappa shape index (κ3) is 6.60. The topological polar surface area (TPSA) is 32.8 Å². The van der Waals surface area contributed by atoms with Crippen molar-refractivity contribution in [3.05, 3.63) is 255 Å². The molecular weight excluding hydrogens is 909 g/mol. The molecule has 0 unspecified atom stereocenters. The van der Waals surface area contributed by atoms with Crippen molar-refractivity contribution in [2.75, 3.05) is 9.80 Å². The van der Waals surface area contributed by atoms with E-state index in [1.807, 2.05) is 23.5 Å². The van der Waals surface area contributed by atoms with E-state index in [1.165, 1.54) is 47.3 Å². The smallest absolute Gasteiger partial charge is 0.159 e. The summed E-state index contributed by atoms with van der Waals surface area (Å²) in [5.74, 6) is 0. The van der Waals surface area contributed by atoms with Crippen molar-refractivity contribution in [2.45, 2.75) is 0 Å². The summed E-state index contributed by atoms with van der Waals surface area (Å²) < 4.78 is 15.9. The summed E-state index contributed by atoms with van der Waals surface area (Å²) in [4.78, 5) is 4.69. The van der Waals surface area contributed by atoms with Crippen LogP contribution < -0.4 is 9.80 Å². The van der Waals surface area contributed by atoms with E-state index in [0.717, 1.165) is 94.7 Å². The highest BCUT2D eigenvalue weighted by atomic mass is 32.1. The zero-order chi connectivity index (χ0) is 48.0. The Hall–Kier alpha value is -9.42. The Balaban J connectivity index is 0.859. The fourth-order valence-corrected chi connectivity index (χ4v) is 12.6. The maximum absolute atomic E-state index is 6.70. The number of nitrogens with zero attached hydrogens (tertiary/aromatic N) is 2. The number of furan rings is 2. The van der Waals surface area contributed by atoms with Gasteiger partial charge in [-0.05, 0) is 106 Å². The molecule has 0 bridgehead atoms. The van der Waals surface area contributed by atoms with Gasteiger partial charge >= 0.3 is 0 Å². The molecule has 15 aromatic rings. The fraction of sp³-hybridized carbons (Fsp3) is 0. The van der Waals surface area contributed by atoms with Crippen LogP contribution in [0.2, 0.25) is 0 Å². The Bertz CT molecular complexity index is 4630. The van der Waals surface area contributed by atoms with Crippen molar-refractivity contribution in [1.29, 1.82) is 0 Å². The zero-order valence-corrected chi connectivity index (χ0v) is 40.2. The molecule has 0 spiro atoms. The molecule has 3 heterocycles. The molecule has 0 aliphatic rings. The molecule has 0 radical (unpaired) electrons. The molecule has 342 valence electrons. The highest BCUT2D eigenvalue weighted by Crippen LogP contribution is 2.49. The molecule has 0 aliphatic carbocycles. The molecule has 0 amide bonds. The van der Waals surface area contributed by atoms with Crippen LogP contribution in [0.25, 0.3) is 108 Å². The maximum atomic E-state index is 6.70. The third-order valence-electron chi connectivity index (χ3n) is 14.6. The van der Waals surface area contributed by atoms with Gasteiger partial charge in [0.05, 0.1) is 17.1 Å². The first-order valence-corrected chi connectivity index (χ1v) is 25.5. The van der Waals surface area contributed by atoms with Crippen LogP contribution in [-0.4, -0.2) is 0 Å².